The van der Waals surface area contributed by atoms with Crippen molar-refractivity contribution in [3.05, 3.63) is 0 Å². The van der Waals surface area contributed by atoms with Gasteiger partial charge in [0, 0.05) is 19.6 Å². The summed E-state index contributed by atoms with van der Waals surface area (Å²) in [6.45, 7) is 2.77. The molecule has 1 fully saturated rings. The number of hydrogen-bond donors (Lipinski definition) is 2. The zero-order chi connectivity index (χ0) is 8.27. The molecular formula is C7H16N4. The van der Waals surface area contributed by atoms with Gasteiger partial charge in [0.15, 0.2) is 0 Å². The number of nitrogens with zero attached hydrogens (tertiary/aromatic N) is 2. The molecule has 0 unspecified atom stereocenters. The van der Waals surface area contributed by atoms with Crippen LogP contribution in [0.15, 0.2) is 4.99 Å². The van der Waals surface area contributed by atoms with Gasteiger partial charge in [-0.15, -0.1) is 0 Å². The van der Waals surface area contributed by atoms with Crippen LogP contribution in [-0.2, 0) is 0 Å². The molecule has 0 aliphatic heterocycles. The van der Waals surface area contributed by atoms with Crippen LogP contribution in [0.2, 0.25) is 0 Å². The van der Waals surface area contributed by atoms with Crippen LogP contribution < -0.4 is 11.3 Å². The van der Waals surface area contributed by atoms with Gasteiger partial charge in [0.05, 0.1) is 0 Å². The van der Waals surface area contributed by atoms with Gasteiger partial charge in [-0.2, -0.15) is 0 Å². The van der Waals surface area contributed by atoms with E-state index >= 15 is 0 Å². The first-order valence-electron chi connectivity index (χ1n) is 4.03. The Balaban J connectivity index is 2.45. The van der Waals surface area contributed by atoms with E-state index in [-0.39, 0.29) is 0 Å². The van der Waals surface area contributed by atoms with Crippen molar-refractivity contribution in [1.29, 1.82) is 0 Å². The van der Waals surface area contributed by atoms with Gasteiger partial charge in [-0.1, -0.05) is 0 Å². The average molecular weight is 156 g/mol. The van der Waals surface area contributed by atoms with E-state index in [1.165, 1.54) is 12.8 Å². The molecule has 0 saturated heterocycles. The third-order valence-corrected chi connectivity index (χ3v) is 1.87. The summed E-state index contributed by atoms with van der Waals surface area (Å²) in [6.07, 6.45) is 2.53. The Morgan fingerprint density at radius 3 is 2.73 bits per heavy atom. The van der Waals surface area contributed by atoms with Crippen LogP contribution in [0.5, 0.6) is 0 Å². The Morgan fingerprint density at radius 2 is 2.36 bits per heavy atom. The average Bonchev–Trinajstić information content (AvgIpc) is 2.81. The van der Waals surface area contributed by atoms with Gasteiger partial charge in [-0.3, -0.25) is 10.4 Å². The zero-order valence-electron chi connectivity index (χ0n) is 7.17. The van der Waals surface area contributed by atoms with Crippen molar-refractivity contribution in [2.75, 3.05) is 13.6 Å². The molecule has 4 heteroatoms. The van der Waals surface area contributed by atoms with Gasteiger partial charge in [0.2, 0.25) is 5.96 Å². The Labute approximate surface area is 67.4 Å². The molecule has 0 spiro atoms. The van der Waals surface area contributed by atoms with E-state index in [2.05, 4.69) is 15.3 Å². The van der Waals surface area contributed by atoms with E-state index in [4.69, 9.17) is 5.84 Å². The van der Waals surface area contributed by atoms with Crippen LogP contribution in [0, 0.1) is 0 Å². The molecule has 64 valence electrons. The topological polar surface area (TPSA) is 53.6 Å². The smallest absolute Gasteiger partial charge is 0.208 e. The largest absolute Gasteiger partial charge is 0.342 e. The van der Waals surface area contributed by atoms with Gasteiger partial charge in [0.25, 0.3) is 0 Å². The highest BCUT2D eigenvalue weighted by atomic mass is 15.4. The number of nitrogens with two attached hydrogens (primary N) is 1. The summed E-state index contributed by atoms with van der Waals surface area (Å²) in [5.41, 5.74) is 2.60. The second kappa shape index (κ2) is 3.57. The van der Waals surface area contributed by atoms with E-state index in [0.29, 0.717) is 6.04 Å². The summed E-state index contributed by atoms with van der Waals surface area (Å²) in [5.74, 6) is 6.10. The van der Waals surface area contributed by atoms with E-state index in [1.807, 2.05) is 14.0 Å². The molecule has 1 saturated carbocycles. The SMILES string of the molecule is CCN=C(NN)N(C)C1CC1. The van der Waals surface area contributed by atoms with Crippen molar-refractivity contribution in [2.45, 2.75) is 25.8 Å². The third kappa shape index (κ3) is 2.08. The highest BCUT2D eigenvalue weighted by molar-refractivity contribution is 5.79. The summed E-state index contributed by atoms with van der Waals surface area (Å²) in [6, 6.07) is 0.663. The van der Waals surface area contributed by atoms with Crippen LogP contribution in [-0.4, -0.2) is 30.5 Å². The van der Waals surface area contributed by atoms with Gasteiger partial charge in [0.1, 0.15) is 0 Å². The van der Waals surface area contributed by atoms with E-state index in [0.717, 1.165) is 12.5 Å². The van der Waals surface area contributed by atoms with Crippen molar-refractivity contribution in [3.8, 4) is 0 Å². The summed E-state index contributed by atoms with van der Waals surface area (Å²) >= 11 is 0. The number of rotatable bonds is 2. The minimum Gasteiger partial charge on any atom is -0.342 e. The summed E-state index contributed by atoms with van der Waals surface area (Å²) in [7, 11) is 2.02. The number of guanidine groups is 1. The van der Waals surface area contributed by atoms with Crippen LogP contribution in [0.3, 0.4) is 0 Å². The van der Waals surface area contributed by atoms with Crippen LogP contribution >= 0.6 is 0 Å². The van der Waals surface area contributed by atoms with Crippen molar-refractivity contribution < 1.29 is 0 Å². The molecule has 1 aliphatic rings. The highest BCUT2D eigenvalue weighted by Gasteiger charge is 2.27. The summed E-state index contributed by atoms with van der Waals surface area (Å²) in [4.78, 5) is 6.31. The van der Waals surface area contributed by atoms with E-state index in [1.54, 1.807) is 0 Å². The van der Waals surface area contributed by atoms with Gasteiger partial charge >= 0.3 is 0 Å². The predicted octanol–water partition coefficient (Wildman–Crippen LogP) is -0.0802. The van der Waals surface area contributed by atoms with Gasteiger partial charge < -0.3 is 4.90 Å². The number of hydrogen-bond acceptors (Lipinski definition) is 2. The molecule has 0 aromatic heterocycles. The lowest BCUT2D eigenvalue weighted by atomic mass is 10.6. The zero-order valence-corrected chi connectivity index (χ0v) is 7.17. The Morgan fingerprint density at radius 1 is 1.73 bits per heavy atom. The predicted molar refractivity (Wildman–Crippen MR) is 46.1 cm³/mol. The lowest BCUT2D eigenvalue weighted by Gasteiger charge is -2.19. The fourth-order valence-electron chi connectivity index (χ4n) is 1.04. The Bertz CT molecular complexity index is 151. The first-order valence-corrected chi connectivity index (χ1v) is 4.03. The summed E-state index contributed by atoms with van der Waals surface area (Å²) in [5, 5.41) is 0. The highest BCUT2D eigenvalue weighted by Crippen LogP contribution is 2.24. The molecule has 1 rings (SSSR count). The molecule has 0 aromatic carbocycles. The first kappa shape index (κ1) is 8.33. The molecule has 0 amide bonds. The molecule has 0 heterocycles. The molecule has 11 heavy (non-hydrogen) atoms. The van der Waals surface area contributed by atoms with Crippen molar-refractivity contribution >= 4 is 5.96 Å². The maximum Gasteiger partial charge on any atom is 0.208 e. The maximum absolute atomic E-state index is 5.30. The second-order valence-corrected chi connectivity index (χ2v) is 2.78. The monoisotopic (exact) mass is 156 g/mol. The molecular weight excluding hydrogens is 140 g/mol. The number of hydrazine groups is 1. The molecule has 1 aliphatic carbocycles. The molecule has 4 nitrogen and oxygen atoms in total. The van der Waals surface area contributed by atoms with Gasteiger partial charge in [-0.05, 0) is 19.8 Å². The molecule has 3 N–H and O–H groups in total. The Hall–Kier alpha value is -0.770. The molecule has 0 aromatic rings. The first-order chi connectivity index (χ1) is 5.29. The molecule has 0 radical (unpaired) electrons. The van der Waals surface area contributed by atoms with E-state index < -0.39 is 0 Å². The fourth-order valence-corrected chi connectivity index (χ4v) is 1.04. The molecule has 0 bridgehead atoms. The third-order valence-electron chi connectivity index (χ3n) is 1.87. The van der Waals surface area contributed by atoms with Crippen molar-refractivity contribution in [1.82, 2.24) is 10.3 Å². The van der Waals surface area contributed by atoms with Crippen LogP contribution in [0.1, 0.15) is 19.8 Å². The fraction of sp³-hybridized carbons (Fsp3) is 0.857. The minimum absolute atomic E-state index is 0.663. The second-order valence-electron chi connectivity index (χ2n) is 2.78. The molecule has 0 atom stereocenters. The maximum atomic E-state index is 5.30. The summed E-state index contributed by atoms with van der Waals surface area (Å²) < 4.78 is 0. The van der Waals surface area contributed by atoms with Crippen molar-refractivity contribution in [2.24, 2.45) is 10.8 Å². The van der Waals surface area contributed by atoms with Crippen LogP contribution in [0.25, 0.3) is 0 Å². The quantitative estimate of drug-likeness (QED) is 0.254. The van der Waals surface area contributed by atoms with E-state index in [9.17, 15) is 0 Å². The van der Waals surface area contributed by atoms with Gasteiger partial charge in [-0.25, -0.2) is 5.84 Å². The Kier molecular flexibility index (Phi) is 2.70. The number of aliphatic imine (C=N–C) groups is 1. The van der Waals surface area contributed by atoms with Crippen LogP contribution in [0.4, 0.5) is 0 Å². The normalized spacial score (nSPS) is 18.3. The minimum atomic E-state index is 0.663. The number of nitrogens with one attached hydrogen (secondary N) is 1. The standard InChI is InChI=1S/C7H16N4/c1-3-9-7(10-8)11(2)6-4-5-6/h6H,3-5,8H2,1-2H3,(H,9,10). The lowest BCUT2D eigenvalue weighted by Crippen LogP contribution is -2.43. The lowest BCUT2D eigenvalue weighted by molar-refractivity contribution is 0.473. The van der Waals surface area contributed by atoms with Crippen molar-refractivity contribution in [3.63, 3.8) is 0 Å².